The van der Waals surface area contributed by atoms with Crippen LogP contribution in [0, 0.1) is 21.8 Å². The molecule has 1 aliphatic rings. The Bertz CT molecular complexity index is 505. The summed E-state index contributed by atoms with van der Waals surface area (Å²) in [5.41, 5.74) is 0.323. The molecule has 7 heteroatoms. The molecule has 20 heavy (non-hydrogen) atoms. The van der Waals surface area contributed by atoms with Gasteiger partial charge in [-0.15, -0.1) is 0 Å². The summed E-state index contributed by atoms with van der Waals surface area (Å²) in [4.78, 5) is 12.5. The highest BCUT2D eigenvalue weighted by Crippen LogP contribution is 2.35. The van der Waals surface area contributed by atoms with Crippen molar-refractivity contribution in [1.29, 1.82) is 0 Å². The minimum absolute atomic E-state index is 0.169. The minimum atomic E-state index is -0.606. The molecule has 0 amide bonds. The van der Waals surface area contributed by atoms with Gasteiger partial charge in [-0.3, -0.25) is 10.1 Å². The zero-order valence-electron chi connectivity index (χ0n) is 11.2. The highest BCUT2D eigenvalue weighted by molar-refractivity contribution is 9.10. The molecular formula is C13H17BrFN3O2. The van der Waals surface area contributed by atoms with E-state index < -0.39 is 10.7 Å². The fraction of sp³-hybridized carbons (Fsp3) is 0.538. The molecule has 1 heterocycles. The van der Waals surface area contributed by atoms with Crippen LogP contribution in [0.4, 0.5) is 15.8 Å². The van der Waals surface area contributed by atoms with Gasteiger partial charge in [0.15, 0.2) is 0 Å². The van der Waals surface area contributed by atoms with Crippen molar-refractivity contribution in [2.24, 2.45) is 5.92 Å². The fourth-order valence-corrected chi connectivity index (χ4v) is 2.92. The predicted molar refractivity (Wildman–Crippen MR) is 79.6 cm³/mol. The molecule has 1 saturated heterocycles. The zero-order chi connectivity index (χ0) is 14.7. The van der Waals surface area contributed by atoms with E-state index in [1.54, 1.807) is 0 Å². The van der Waals surface area contributed by atoms with Crippen molar-refractivity contribution in [3.8, 4) is 0 Å². The quantitative estimate of drug-likeness (QED) is 0.673. The largest absolute Gasteiger partial charge is 0.366 e. The van der Waals surface area contributed by atoms with Gasteiger partial charge in [-0.05, 0) is 54.3 Å². The fourth-order valence-electron chi connectivity index (χ4n) is 2.59. The molecule has 110 valence electrons. The van der Waals surface area contributed by atoms with Gasteiger partial charge in [0.1, 0.15) is 11.5 Å². The number of piperidine rings is 1. The number of nitrogens with zero attached hydrogens (tertiary/aromatic N) is 2. The summed E-state index contributed by atoms with van der Waals surface area (Å²) >= 11 is 3.10. The number of nitro groups is 1. The van der Waals surface area contributed by atoms with Crippen LogP contribution in [0.5, 0.6) is 0 Å². The molecule has 0 aliphatic carbocycles. The SMILES string of the molecule is CNCC1CCN(c2cc(Br)c(F)cc2[N+](=O)[O-])CC1. The average Bonchev–Trinajstić information content (AvgIpc) is 2.42. The number of hydrogen-bond acceptors (Lipinski definition) is 4. The lowest BCUT2D eigenvalue weighted by molar-refractivity contribution is -0.384. The lowest BCUT2D eigenvalue weighted by Gasteiger charge is -2.33. The molecule has 1 aromatic carbocycles. The molecule has 5 nitrogen and oxygen atoms in total. The lowest BCUT2D eigenvalue weighted by Crippen LogP contribution is -2.37. The van der Waals surface area contributed by atoms with Gasteiger partial charge < -0.3 is 10.2 Å². The third kappa shape index (κ3) is 3.27. The van der Waals surface area contributed by atoms with Crippen molar-refractivity contribution in [2.45, 2.75) is 12.8 Å². The highest BCUT2D eigenvalue weighted by atomic mass is 79.9. The maximum atomic E-state index is 13.5. The van der Waals surface area contributed by atoms with Gasteiger partial charge in [0, 0.05) is 13.1 Å². The Morgan fingerprint density at radius 3 is 2.70 bits per heavy atom. The van der Waals surface area contributed by atoms with Crippen molar-refractivity contribution < 1.29 is 9.31 Å². The van der Waals surface area contributed by atoms with Crippen LogP contribution in [-0.2, 0) is 0 Å². The number of anilines is 1. The molecule has 0 unspecified atom stereocenters. The van der Waals surface area contributed by atoms with Crippen LogP contribution in [0.25, 0.3) is 0 Å². The van der Waals surface area contributed by atoms with E-state index in [2.05, 4.69) is 21.2 Å². The first-order valence-electron chi connectivity index (χ1n) is 6.56. The van der Waals surface area contributed by atoms with Crippen molar-refractivity contribution in [3.05, 3.63) is 32.5 Å². The second kappa shape index (κ2) is 6.49. The normalized spacial score (nSPS) is 16.4. The third-order valence-corrected chi connectivity index (χ3v) is 4.27. The summed E-state index contributed by atoms with van der Waals surface area (Å²) in [6.45, 7) is 2.47. The van der Waals surface area contributed by atoms with Gasteiger partial charge in [0.25, 0.3) is 5.69 Å². The van der Waals surface area contributed by atoms with Crippen LogP contribution < -0.4 is 10.2 Å². The van der Waals surface area contributed by atoms with E-state index in [4.69, 9.17) is 0 Å². The van der Waals surface area contributed by atoms with Crippen molar-refractivity contribution >= 4 is 27.3 Å². The van der Waals surface area contributed by atoms with Crippen LogP contribution in [0.15, 0.2) is 16.6 Å². The second-order valence-electron chi connectivity index (χ2n) is 5.00. The number of rotatable bonds is 4. The first kappa shape index (κ1) is 15.2. The Morgan fingerprint density at radius 2 is 2.15 bits per heavy atom. The summed E-state index contributed by atoms with van der Waals surface area (Å²) in [6, 6.07) is 2.49. The van der Waals surface area contributed by atoms with Gasteiger partial charge in [0.05, 0.1) is 15.5 Å². The van der Waals surface area contributed by atoms with Crippen molar-refractivity contribution in [2.75, 3.05) is 31.6 Å². The van der Waals surface area contributed by atoms with Crippen LogP contribution in [-0.4, -0.2) is 31.6 Å². The van der Waals surface area contributed by atoms with Crippen molar-refractivity contribution in [3.63, 3.8) is 0 Å². The summed E-state index contributed by atoms with van der Waals surface area (Å²) in [5, 5.41) is 14.2. The highest BCUT2D eigenvalue weighted by Gasteiger charge is 2.26. The first-order valence-corrected chi connectivity index (χ1v) is 7.35. The Balaban J connectivity index is 2.21. The molecule has 0 saturated carbocycles. The summed E-state index contributed by atoms with van der Waals surface area (Å²) in [7, 11) is 1.92. The van der Waals surface area contributed by atoms with Crippen LogP contribution in [0.3, 0.4) is 0 Å². The number of hydrogen-bond donors (Lipinski definition) is 1. The van der Waals surface area contributed by atoms with E-state index in [-0.39, 0.29) is 10.2 Å². The molecule has 1 N–H and O–H groups in total. The number of nitro benzene ring substituents is 1. The Labute approximate surface area is 125 Å². The van der Waals surface area contributed by atoms with E-state index in [1.807, 2.05) is 11.9 Å². The Morgan fingerprint density at radius 1 is 1.50 bits per heavy atom. The molecule has 0 spiro atoms. The van der Waals surface area contributed by atoms with Crippen LogP contribution in [0.1, 0.15) is 12.8 Å². The molecule has 0 atom stereocenters. The van der Waals surface area contributed by atoms with Gasteiger partial charge in [-0.25, -0.2) is 4.39 Å². The Kier molecular flexibility index (Phi) is 4.93. The van der Waals surface area contributed by atoms with Gasteiger partial charge in [0.2, 0.25) is 0 Å². The van der Waals surface area contributed by atoms with Crippen LogP contribution >= 0.6 is 15.9 Å². The topological polar surface area (TPSA) is 58.4 Å². The molecule has 0 bridgehead atoms. The molecule has 1 fully saturated rings. The molecule has 1 aliphatic heterocycles. The maximum Gasteiger partial charge on any atom is 0.295 e. The molecule has 2 rings (SSSR count). The van der Waals surface area contributed by atoms with Crippen LogP contribution in [0.2, 0.25) is 0 Å². The van der Waals surface area contributed by atoms with Gasteiger partial charge in [-0.2, -0.15) is 0 Å². The monoisotopic (exact) mass is 345 g/mol. The molecule has 1 aromatic rings. The predicted octanol–water partition coefficient (Wildman–Crippen LogP) is 2.93. The van der Waals surface area contributed by atoms with Gasteiger partial charge >= 0.3 is 0 Å². The first-order chi connectivity index (χ1) is 9.52. The van der Waals surface area contributed by atoms with Gasteiger partial charge in [-0.1, -0.05) is 0 Å². The zero-order valence-corrected chi connectivity index (χ0v) is 12.8. The van der Waals surface area contributed by atoms with E-state index in [0.29, 0.717) is 11.6 Å². The smallest absolute Gasteiger partial charge is 0.295 e. The standard InChI is InChI=1S/C13H17BrFN3O2/c1-16-8-9-2-4-17(5-3-9)12-6-10(14)11(15)7-13(12)18(19)20/h6-7,9,16H,2-5,8H2,1H3. The van der Waals surface area contributed by atoms with Crippen molar-refractivity contribution in [1.82, 2.24) is 5.32 Å². The number of benzene rings is 1. The summed E-state index contributed by atoms with van der Waals surface area (Å²) in [6.07, 6.45) is 1.96. The molecular weight excluding hydrogens is 329 g/mol. The summed E-state index contributed by atoms with van der Waals surface area (Å²) < 4.78 is 13.7. The summed E-state index contributed by atoms with van der Waals surface area (Å²) in [5.74, 6) is -0.00952. The minimum Gasteiger partial charge on any atom is -0.366 e. The van der Waals surface area contributed by atoms with E-state index in [9.17, 15) is 14.5 Å². The number of halogens is 2. The molecule has 0 radical (unpaired) electrons. The number of nitrogens with one attached hydrogen (secondary N) is 1. The second-order valence-corrected chi connectivity index (χ2v) is 5.85. The third-order valence-electron chi connectivity index (χ3n) is 3.66. The lowest BCUT2D eigenvalue weighted by atomic mass is 9.96. The van der Waals surface area contributed by atoms with E-state index in [0.717, 1.165) is 38.5 Å². The molecule has 0 aromatic heterocycles. The van der Waals surface area contributed by atoms with E-state index in [1.165, 1.54) is 6.07 Å². The average molecular weight is 346 g/mol. The Hall–Kier alpha value is -1.21. The van der Waals surface area contributed by atoms with E-state index >= 15 is 0 Å². The maximum absolute atomic E-state index is 13.5.